The molecule has 5 heteroatoms. The van der Waals surface area contributed by atoms with Crippen LogP contribution in [-0.4, -0.2) is 35.2 Å². The SMILES string of the molecule is O=C(NC1CCN(c2cccnn2)C1)c1ccccc1. The first-order valence-corrected chi connectivity index (χ1v) is 6.71. The maximum Gasteiger partial charge on any atom is 0.251 e. The van der Waals surface area contributed by atoms with Crippen LogP contribution in [0.1, 0.15) is 16.8 Å². The first-order chi connectivity index (χ1) is 9.83. The lowest BCUT2D eigenvalue weighted by atomic mass is 10.2. The van der Waals surface area contributed by atoms with Crippen LogP contribution < -0.4 is 10.2 Å². The minimum Gasteiger partial charge on any atom is -0.353 e. The third-order valence-electron chi connectivity index (χ3n) is 3.44. The monoisotopic (exact) mass is 268 g/mol. The highest BCUT2D eigenvalue weighted by Crippen LogP contribution is 2.17. The van der Waals surface area contributed by atoms with Gasteiger partial charge < -0.3 is 10.2 Å². The normalized spacial score (nSPS) is 18.0. The van der Waals surface area contributed by atoms with Crippen LogP contribution in [0.15, 0.2) is 48.7 Å². The fourth-order valence-electron chi connectivity index (χ4n) is 2.41. The fourth-order valence-corrected chi connectivity index (χ4v) is 2.41. The topological polar surface area (TPSA) is 58.1 Å². The van der Waals surface area contributed by atoms with E-state index in [0.29, 0.717) is 5.56 Å². The van der Waals surface area contributed by atoms with E-state index in [1.54, 1.807) is 6.20 Å². The zero-order valence-electron chi connectivity index (χ0n) is 11.1. The van der Waals surface area contributed by atoms with Crippen molar-refractivity contribution in [2.24, 2.45) is 0 Å². The van der Waals surface area contributed by atoms with Gasteiger partial charge >= 0.3 is 0 Å². The van der Waals surface area contributed by atoms with Gasteiger partial charge in [0.2, 0.25) is 0 Å². The number of carbonyl (C=O) groups excluding carboxylic acids is 1. The number of nitrogens with one attached hydrogen (secondary N) is 1. The number of anilines is 1. The van der Waals surface area contributed by atoms with Crippen LogP contribution >= 0.6 is 0 Å². The summed E-state index contributed by atoms with van der Waals surface area (Å²) in [6.07, 6.45) is 2.59. The van der Waals surface area contributed by atoms with Gasteiger partial charge in [-0.1, -0.05) is 18.2 Å². The van der Waals surface area contributed by atoms with Crippen LogP contribution in [0.25, 0.3) is 0 Å². The van der Waals surface area contributed by atoms with E-state index in [-0.39, 0.29) is 11.9 Å². The van der Waals surface area contributed by atoms with Gasteiger partial charge in [-0.25, -0.2) is 0 Å². The van der Waals surface area contributed by atoms with Crippen LogP contribution in [-0.2, 0) is 0 Å². The van der Waals surface area contributed by atoms with Crippen molar-refractivity contribution in [3.05, 3.63) is 54.2 Å². The number of aromatic nitrogens is 2. The Morgan fingerprint density at radius 2 is 2.05 bits per heavy atom. The maximum absolute atomic E-state index is 12.1. The highest BCUT2D eigenvalue weighted by atomic mass is 16.1. The fraction of sp³-hybridized carbons (Fsp3) is 0.267. The lowest BCUT2D eigenvalue weighted by Gasteiger charge is -2.17. The second-order valence-corrected chi connectivity index (χ2v) is 4.85. The first kappa shape index (κ1) is 12.6. The van der Waals surface area contributed by atoms with Crippen molar-refractivity contribution >= 4 is 11.7 Å². The van der Waals surface area contributed by atoms with Gasteiger partial charge in [0.25, 0.3) is 5.91 Å². The molecule has 20 heavy (non-hydrogen) atoms. The molecule has 0 saturated carbocycles. The van der Waals surface area contributed by atoms with E-state index in [9.17, 15) is 4.79 Å². The summed E-state index contributed by atoms with van der Waals surface area (Å²) in [5, 5.41) is 11.0. The Hall–Kier alpha value is -2.43. The summed E-state index contributed by atoms with van der Waals surface area (Å²) in [4.78, 5) is 14.2. The van der Waals surface area contributed by atoms with Crippen molar-refractivity contribution in [2.45, 2.75) is 12.5 Å². The molecule has 5 nitrogen and oxygen atoms in total. The Bertz CT molecular complexity index is 573. The molecule has 1 aromatic carbocycles. The van der Waals surface area contributed by atoms with Gasteiger partial charge in [-0.15, -0.1) is 5.10 Å². The quantitative estimate of drug-likeness (QED) is 0.916. The smallest absolute Gasteiger partial charge is 0.251 e. The molecule has 3 rings (SSSR count). The molecule has 1 fully saturated rings. The van der Waals surface area contributed by atoms with E-state index in [1.165, 1.54) is 0 Å². The lowest BCUT2D eigenvalue weighted by Crippen LogP contribution is -2.37. The molecule has 2 heterocycles. The predicted octanol–water partition coefficient (Wildman–Crippen LogP) is 1.49. The molecule has 1 amide bonds. The molecule has 2 aromatic rings. The number of benzene rings is 1. The maximum atomic E-state index is 12.1. The van der Waals surface area contributed by atoms with Crippen molar-refractivity contribution in [3.8, 4) is 0 Å². The minimum absolute atomic E-state index is 0.0170. The van der Waals surface area contributed by atoms with E-state index >= 15 is 0 Å². The third-order valence-corrected chi connectivity index (χ3v) is 3.44. The number of rotatable bonds is 3. The summed E-state index contributed by atoms with van der Waals surface area (Å²) < 4.78 is 0. The summed E-state index contributed by atoms with van der Waals surface area (Å²) in [5.74, 6) is 0.848. The van der Waals surface area contributed by atoms with E-state index in [4.69, 9.17) is 0 Å². The molecule has 0 spiro atoms. The van der Waals surface area contributed by atoms with E-state index in [0.717, 1.165) is 25.3 Å². The minimum atomic E-state index is -0.0170. The Morgan fingerprint density at radius 3 is 2.80 bits per heavy atom. The van der Waals surface area contributed by atoms with Gasteiger partial charge in [-0.05, 0) is 30.7 Å². The average Bonchev–Trinajstić information content (AvgIpc) is 2.97. The molecule has 102 valence electrons. The van der Waals surface area contributed by atoms with Gasteiger partial charge in [-0.2, -0.15) is 5.10 Å². The molecule has 0 aliphatic carbocycles. The summed E-state index contributed by atoms with van der Waals surface area (Å²) in [6, 6.07) is 13.3. The highest BCUT2D eigenvalue weighted by Gasteiger charge is 2.25. The zero-order chi connectivity index (χ0) is 13.8. The Balaban J connectivity index is 1.60. The van der Waals surface area contributed by atoms with Crippen molar-refractivity contribution in [1.82, 2.24) is 15.5 Å². The van der Waals surface area contributed by atoms with Crippen LogP contribution in [0.5, 0.6) is 0 Å². The van der Waals surface area contributed by atoms with Crippen molar-refractivity contribution in [3.63, 3.8) is 0 Å². The van der Waals surface area contributed by atoms with E-state index < -0.39 is 0 Å². The second kappa shape index (κ2) is 5.69. The molecule has 1 aliphatic heterocycles. The van der Waals surface area contributed by atoms with Crippen molar-refractivity contribution in [1.29, 1.82) is 0 Å². The van der Waals surface area contributed by atoms with Gasteiger partial charge in [0, 0.05) is 30.9 Å². The Labute approximate surface area is 117 Å². The average molecular weight is 268 g/mol. The number of nitrogens with zero attached hydrogens (tertiary/aromatic N) is 3. The number of hydrogen-bond acceptors (Lipinski definition) is 4. The van der Waals surface area contributed by atoms with Gasteiger partial charge in [-0.3, -0.25) is 4.79 Å². The predicted molar refractivity (Wildman–Crippen MR) is 76.6 cm³/mol. The van der Waals surface area contributed by atoms with Crippen LogP contribution in [0.4, 0.5) is 5.82 Å². The number of hydrogen-bond donors (Lipinski definition) is 1. The molecule has 1 unspecified atom stereocenters. The van der Waals surface area contributed by atoms with Gasteiger partial charge in [0.1, 0.15) is 0 Å². The lowest BCUT2D eigenvalue weighted by molar-refractivity contribution is 0.0940. The summed E-state index contributed by atoms with van der Waals surface area (Å²) >= 11 is 0. The molecule has 0 radical (unpaired) electrons. The standard InChI is InChI=1S/C15H16N4O/c20-15(12-5-2-1-3-6-12)17-13-8-10-19(11-13)14-7-4-9-16-18-14/h1-7,9,13H,8,10-11H2,(H,17,20). The van der Waals surface area contributed by atoms with Gasteiger partial charge in [0.05, 0.1) is 0 Å². The summed E-state index contributed by atoms with van der Waals surface area (Å²) in [5.41, 5.74) is 0.699. The third kappa shape index (κ3) is 2.77. The first-order valence-electron chi connectivity index (χ1n) is 6.71. The van der Waals surface area contributed by atoms with E-state index in [2.05, 4.69) is 20.4 Å². The molecular formula is C15H16N4O. The second-order valence-electron chi connectivity index (χ2n) is 4.85. The van der Waals surface area contributed by atoms with Crippen LogP contribution in [0.2, 0.25) is 0 Å². The largest absolute Gasteiger partial charge is 0.353 e. The molecule has 1 N–H and O–H groups in total. The van der Waals surface area contributed by atoms with Crippen LogP contribution in [0, 0.1) is 0 Å². The molecule has 0 bridgehead atoms. The van der Waals surface area contributed by atoms with Crippen molar-refractivity contribution in [2.75, 3.05) is 18.0 Å². The zero-order valence-corrected chi connectivity index (χ0v) is 11.1. The summed E-state index contributed by atoms with van der Waals surface area (Å²) in [6.45, 7) is 1.66. The number of amides is 1. The Kier molecular flexibility index (Phi) is 3.58. The van der Waals surface area contributed by atoms with E-state index in [1.807, 2.05) is 42.5 Å². The summed E-state index contributed by atoms with van der Waals surface area (Å²) in [7, 11) is 0. The molecule has 1 aliphatic rings. The molecule has 1 saturated heterocycles. The highest BCUT2D eigenvalue weighted by molar-refractivity contribution is 5.94. The molecule has 1 atom stereocenters. The number of carbonyl (C=O) groups is 1. The molecule has 1 aromatic heterocycles. The Morgan fingerprint density at radius 1 is 1.20 bits per heavy atom. The van der Waals surface area contributed by atoms with Gasteiger partial charge in [0.15, 0.2) is 5.82 Å². The molecular weight excluding hydrogens is 252 g/mol. The van der Waals surface area contributed by atoms with Crippen molar-refractivity contribution < 1.29 is 4.79 Å². The van der Waals surface area contributed by atoms with Crippen LogP contribution in [0.3, 0.4) is 0 Å².